The fourth-order valence-corrected chi connectivity index (χ4v) is 2.26. The summed E-state index contributed by atoms with van der Waals surface area (Å²) >= 11 is 0. The summed E-state index contributed by atoms with van der Waals surface area (Å²) < 4.78 is 1.33. The molecule has 0 aliphatic heterocycles. The monoisotopic (exact) mass is 309 g/mol. The Balaban J connectivity index is 1.93. The van der Waals surface area contributed by atoms with Gasteiger partial charge in [-0.05, 0) is 30.3 Å². The summed E-state index contributed by atoms with van der Waals surface area (Å²) in [4.78, 5) is 27.8. The zero-order chi connectivity index (χ0) is 16.4. The highest BCUT2D eigenvalue weighted by atomic mass is 16.2. The number of nitrogens with two attached hydrogens (primary N) is 1. The van der Waals surface area contributed by atoms with Crippen LogP contribution >= 0.6 is 0 Å². The molecular formula is C16H15N5O2. The summed E-state index contributed by atoms with van der Waals surface area (Å²) in [6.45, 7) is 1.70. The average Bonchev–Trinajstić information content (AvgIpc) is 2.95. The smallest absolute Gasteiger partial charge is 0.278 e. The minimum atomic E-state index is -0.267. The van der Waals surface area contributed by atoms with Crippen LogP contribution in [-0.2, 0) is 11.3 Å². The number of hydrogen-bond donors (Lipinski definition) is 2. The van der Waals surface area contributed by atoms with Crippen molar-refractivity contribution < 1.29 is 9.59 Å². The molecule has 3 N–H and O–H groups in total. The molecule has 3 aromatic rings. The first-order valence-corrected chi connectivity index (χ1v) is 7.02. The number of aromatic nitrogens is 3. The third-order valence-electron chi connectivity index (χ3n) is 3.37. The molecular weight excluding hydrogens is 294 g/mol. The minimum Gasteiger partial charge on any atom is -0.399 e. The number of fused-ring (bicyclic) bond motifs is 1. The molecule has 0 unspecified atom stereocenters. The van der Waals surface area contributed by atoms with Crippen molar-refractivity contribution in [2.24, 2.45) is 0 Å². The zero-order valence-electron chi connectivity index (χ0n) is 12.5. The molecule has 116 valence electrons. The lowest BCUT2D eigenvalue weighted by molar-refractivity contribution is -0.119. The zero-order valence-corrected chi connectivity index (χ0v) is 12.5. The summed E-state index contributed by atoms with van der Waals surface area (Å²) in [5, 5.41) is 7.58. The molecule has 2 aromatic heterocycles. The van der Waals surface area contributed by atoms with Crippen LogP contribution in [-0.4, -0.2) is 26.6 Å². The summed E-state index contributed by atoms with van der Waals surface area (Å²) in [6.07, 6.45) is 3.14. The Labute approximate surface area is 132 Å². The van der Waals surface area contributed by atoms with Gasteiger partial charge in [0.25, 0.3) is 5.91 Å². The maximum absolute atomic E-state index is 12.7. The van der Waals surface area contributed by atoms with Crippen molar-refractivity contribution in [1.82, 2.24) is 20.1 Å². The Morgan fingerprint density at radius 3 is 2.87 bits per heavy atom. The summed E-state index contributed by atoms with van der Waals surface area (Å²) in [7, 11) is 0. The van der Waals surface area contributed by atoms with E-state index in [4.69, 9.17) is 5.73 Å². The van der Waals surface area contributed by atoms with Crippen molar-refractivity contribution in [3.8, 4) is 0 Å². The molecule has 1 aromatic carbocycles. The molecule has 0 spiro atoms. The van der Waals surface area contributed by atoms with E-state index < -0.39 is 0 Å². The van der Waals surface area contributed by atoms with E-state index in [-0.39, 0.29) is 18.4 Å². The number of pyridine rings is 1. The highest BCUT2D eigenvalue weighted by Gasteiger charge is 2.14. The summed E-state index contributed by atoms with van der Waals surface area (Å²) in [5.41, 5.74) is 8.08. The number of anilines is 1. The fourth-order valence-electron chi connectivity index (χ4n) is 2.26. The first-order valence-electron chi connectivity index (χ1n) is 7.02. The number of nitrogens with zero attached hydrogens (tertiary/aromatic N) is 3. The number of hydrogen-bond acceptors (Lipinski definition) is 5. The summed E-state index contributed by atoms with van der Waals surface area (Å²) in [5.74, 6) is -0.421. The Hall–Kier alpha value is -3.22. The standard InChI is InChI=1S/C16H15N5O2/c1-10(22)19-9-14-7-11(4-5-18-14)16(23)21-15-3-2-13(17)6-12(15)8-20-21/h2-8H,9,17H2,1H3,(H,19,22). The van der Waals surface area contributed by atoms with Crippen molar-refractivity contribution in [1.29, 1.82) is 0 Å². The predicted molar refractivity (Wildman–Crippen MR) is 85.6 cm³/mol. The van der Waals surface area contributed by atoms with Crippen LogP contribution in [0.5, 0.6) is 0 Å². The molecule has 3 rings (SSSR count). The van der Waals surface area contributed by atoms with Crippen LogP contribution in [0.25, 0.3) is 10.9 Å². The molecule has 2 heterocycles. The normalized spacial score (nSPS) is 10.7. The Morgan fingerprint density at radius 2 is 2.09 bits per heavy atom. The van der Waals surface area contributed by atoms with Gasteiger partial charge < -0.3 is 11.1 Å². The van der Waals surface area contributed by atoms with E-state index in [9.17, 15) is 9.59 Å². The minimum absolute atomic E-state index is 0.154. The first-order chi connectivity index (χ1) is 11.0. The first kappa shape index (κ1) is 14.7. The van der Waals surface area contributed by atoms with Gasteiger partial charge in [-0.25, -0.2) is 0 Å². The van der Waals surface area contributed by atoms with Gasteiger partial charge in [0.15, 0.2) is 0 Å². The van der Waals surface area contributed by atoms with Gasteiger partial charge in [-0.3, -0.25) is 14.6 Å². The number of nitrogen functional groups attached to an aromatic ring is 1. The molecule has 0 radical (unpaired) electrons. The Kier molecular flexibility index (Phi) is 3.76. The fraction of sp³-hybridized carbons (Fsp3) is 0.125. The quantitative estimate of drug-likeness (QED) is 0.711. The van der Waals surface area contributed by atoms with Crippen molar-refractivity contribution in [2.75, 3.05) is 5.73 Å². The lowest BCUT2D eigenvalue weighted by atomic mass is 10.2. The van der Waals surface area contributed by atoms with Gasteiger partial charge in [-0.2, -0.15) is 9.78 Å². The molecule has 0 fully saturated rings. The molecule has 0 aliphatic carbocycles. The van der Waals surface area contributed by atoms with Crippen molar-refractivity contribution in [3.05, 3.63) is 54.0 Å². The van der Waals surface area contributed by atoms with Crippen LogP contribution in [0.3, 0.4) is 0 Å². The van der Waals surface area contributed by atoms with Crippen LogP contribution in [0.4, 0.5) is 5.69 Å². The van der Waals surface area contributed by atoms with Gasteiger partial charge in [0.05, 0.1) is 24.0 Å². The number of amides is 1. The second-order valence-electron chi connectivity index (χ2n) is 5.13. The molecule has 7 heteroatoms. The van der Waals surface area contributed by atoms with Gasteiger partial charge >= 0.3 is 0 Å². The van der Waals surface area contributed by atoms with Gasteiger partial charge in [0, 0.05) is 29.8 Å². The molecule has 7 nitrogen and oxygen atoms in total. The van der Waals surface area contributed by atoms with E-state index in [0.29, 0.717) is 22.5 Å². The second-order valence-corrected chi connectivity index (χ2v) is 5.13. The van der Waals surface area contributed by atoms with E-state index in [1.165, 1.54) is 17.8 Å². The molecule has 1 amide bonds. The van der Waals surface area contributed by atoms with Crippen molar-refractivity contribution in [3.63, 3.8) is 0 Å². The van der Waals surface area contributed by atoms with Crippen LogP contribution < -0.4 is 11.1 Å². The van der Waals surface area contributed by atoms with E-state index in [1.807, 2.05) is 0 Å². The number of nitrogens with one attached hydrogen (secondary N) is 1. The molecule has 0 saturated carbocycles. The van der Waals surface area contributed by atoms with E-state index in [1.54, 1.807) is 36.5 Å². The van der Waals surface area contributed by atoms with Gasteiger partial charge in [0.1, 0.15) is 0 Å². The maximum atomic E-state index is 12.7. The molecule has 0 atom stereocenters. The van der Waals surface area contributed by atoms with Crippen LogP contribution in [0.2, 0.25) is 0 Å². The summed E-state index contributed by atoms with van der Waals surface area (Å²) in [6, 6.07) is 8.51. The number of rotatable bonds is 3. The van der Waals surface area contributed by atoms with Gasteiger partial charge in [-0.15, -0.1) is 0 Å². The Morgan fingerprint density at radius 1 is 1.26 bits per heavy atom. The third kappa shape index (κ3) is 3.03. The van der Waals surface area contributed by atoms with Crippen LogP contribution in [0.1, 0.15) is 23.0 Å². The lowest BCUT2D eigenvalue weighted by Crippen LogP contribution is -2.20. The molecule has 23 heavy (non-hydrogen) atoms. The third-order valence-corrected chi connectivity index (χ3v) is 3.37. The topological polar surface area (TPSA) is 103 Å². The molecule has 0 saturated heterocycles. The van der Waals surface area contributed by atoms with E-state index >= 15 is 0 Å². The highest BCUT2D eigenvalue weighted by Crippen LogP contribution is 2.18. The number of carbonyl (C=O) groups is 2. The van der Waals surface area contributed by atoms with Gasteiger partial charge in [0.2, 0.25) is 5.91 Å². The van der Waals surface area contributed by atoms with Crippen LogP contribution in [0.15, 0.2) is 42.7 Å². The van der Waals surface area contributed by atoms with Crippen LogP contribution in [0, 0.1) is 0 Å². The molecule has 0 aliphatic rings. The lowest BCUT2D eigenvalue weighted by Gasteiger charge is -2.06. The molecule has 0 bridgehead atoms. The van der Waals surface area contributed by atoms with E-state index in [0.717, 1.165) is 5.39 Å². The predicted octanol–water partition coefficient (Wildman–Crippen LogP) is 1.34. The van der Waals surface area contributed by atoms with Crippen molar-refractivity contribution >= 4 is 28.4 Å². The maximum Gasteiger partial charge on any atom is 0.278 e. The number of benzene rings is 1. The Bertz CT molecular complexity index is 900. The largest absolute Gasteiger partial charge is 0.399 e. The van der Waals surface area contributed by atoms with Crippen molar-refractivity contribution in [2.45, 2.75) is 13.5 Å². The number of carbonyl (C=O) groups excluding carboxylic acids is 2. The average molecular weight is 309 g/mol. The van der Waals surface area contributed by atoms with E-state index in [2.05, 4.69) is 15.4 Å². The second kappa shape index (κ2) is 5.88. The van der Waals surface area contributed by atoms with Gasteiger partial charge in [-0.1, -0.05) is 0 Å². The SMILES string of the molecule is CC(=O)NCc1cc(C(=O)n2ncc3cc(N)ccc32)ccn1. The highest BCUT2D eigenvalue weighted by molar-refractivity contribution is 6.01.